The first kappa shape index (κ1) is 32.1. The van der Waals surface area contributed by atoms with Crippen molar-refractivity contribution in [3.05, 3.63) is 174 Å². The fraction of sp³-hybridized carbons (Fsp3) is 0.245. The Morgan fingerprint density at radius 1 is 0.481 bits per heavy atom. The number of benzene rings is 7. The molecule has 54 heavy (non-hydrogen) atoms. The molecule has 1 heteroatoms. The fourth-order valence-corrected chi connectivity index (χ4v) is 12.1. The number of hydrogen-bond donors (Lipinski definition) is 0. The van der Waals surface area contributed by atoms with E-state index in [2.05, 4.69) is 176 Å². The molecule has 1 nitrogen and oxygen atoms in total. The van der Waals surface area contributed by atoms with E-state index >= 15 is 0 Å². The van der Waals surface area contributed by atoms with E-state index in [1.165, 1.54) is 111 Å². The fourth-order valence-electron chi connectivity index (χ4n) is 12.1. The van der Waals surface area contributed by atoms with Crippen molar-refractivity contribution in [1.82, 2.24) is 0 Å². The van der Waals surface area contributed by atoms with Crippen molar-refractivity contribution in [3.8, 4) is 33.4 Å². The molecule has 7 aromatic rings. The SMILES string of the molecule is CC1(C)c2ccccc2-c2c1cc1ccccc1c2N(c1ccc(-c2ccccc2-c2ccccc2)cc1)c1ccccc1C12CC3CC(CC(C3)C1)C2. The first-order valence-electron chi connectivity index (χ1n) is 20.3. The van der Waals surface area contributed by atoms with Crippen LogP contribution in [0.5, 0.6) is 0 Å². The molecule has 4 saturated carbocycles. The summed E-state index contributed by atoms with van der Waals surface area (Å²) in [6.07, 6.45) is 8.34. The summed E-state index contributed by atoms with van der Waals surface area (Å²) in [5, 5.41) is 2.61. The second-order valence-corrected chi connectivity index (χ2v) is 17.5. The summed E-state index contributed by atoms with van der Waals surface area (Å²) < 4.78 is 0. The minimum absolute atomic E-state index is 0.110. The van der Waals surface area contributed by atoms with Gasteiger partial charge in [-0.1, -0.05) is 147 Å². The summed E-state index contributed by atoms with van der Waals surface area (Å²) in [5.41, 5.74) is 16.2. The van der Waals surface area contributed by atoms with Gasteiger partial charge in [0.1, 0.15) is 0 Å². The lowest BCUT2D eigenvalue weighted by atomic mass is 9.48. The Morgan fingerprint density at radius 3 is 1.70 bits per heavy atom. The highest BCUT2D eigenvalue weighted by Gasteiger charge is 2.52. The summed E-state index contributed by atoms with van der Waals surface area (Å²) >= 11 is 0. The molecule has 0 heterocycles. The minimum atomic E-state index is -0.110. The molecule has 0 spiro atoms. The van der Waals surface area contributed by atoms with E-state index in [9.17, 15) is 0 Å². The summed E-state index contributed by atoms with van der Waals surface area (Å²) in [7, 11) is 0. The van der Waals surface area contributed by atoms with E-state index in [-0.39, 0.29) is 10.8 Å². The van der Waals surface area contributed by atoms with Gasteiger partial charge in [-0.25, -0.2) is 0 Å². The molecular formula is C53H47N. The number of para-hydroxylation sites is 1. The molecule has 12 rings (SSSR count). The van der Waals surface area contributed by atoms with Gasteiger partial charge in [0, 0.05) is 27.7 Å². The van der Waals surface area contributed by atoms with E-state index in [1.807, 2.05) is 0 Å². The van der Waals surface area contributed by atoms with Crippen molar-refractivity contribution in [1.29, 1.82) is 0 Å². The van der Waals surface area contributed by atoms with E-state index in [0.29, 0.717) is 0 Å². The summed E-state index contributed by atoms with van der Waals surface area (Å²) in [5.74, 6) is 2.61. The Kier molecular flexibility index (Phi) is 7.16. The molecule has 5 aliphatic carbocycles. The van der Waals surface area contributed by atoms with E-state index < -0.39 is 0 Å². The maximum absolute atomic E-state index is 2.69. The number of fused-ring (bicyclic) bond motifs is 4. The maximum Gasteiger partial charge on any atom is 0.0621 e. The number of anilines is 3. The van der Waals surface area contributed by atoms with Crippen LogP contribution in [-0.4, -0.2) is 0 Å². The summed E-state index contributed by atoms with van der Waals surface area (Å²) in [6, 6.07) is 59.6. The van der Waals surface area contributed by atoms with Crippen molar-refractivity contribution >= 4 is 27.8 Å². The van der Waals surface area contributed by atoms with Crippen LogP contribution in [0.3, 0.4) is 0 Å². The summed E-state index contributed by atoms with van der Waals surface area (Å²) in [6.45, 7) is 4.84. The first-order chi connectivity index (χ1) is 26.5. The van der Waals surface area contributed by atoms with Crippen LogP contribution >= 0.6 is 0 Å². The third-order valence-electron chi connectivity index (χ3n) is 14.0. The van der Waals surface area contributed by atoms with Crippen LogP contribution in [0.25, 0.3) is 44.2 Å². The van der Waals surface area contributed by atoms with Gasteiger partial charge in [0.05, 0.1) is 5.69 Å². The average Bonchev–Trinajstić information content (AvgIpc) is 3.43. The molecule has 0 aromatic heterocycles. The number of rotatable bonds is 6. The van der Waals surface area contributed by atoms with Gasteiger partial charge in [-0.2, -0.15) is 0 Å². The van der Waals surface area contributed by atoms with Gasteiger partial charge < -0.3 is 4.90 Å². The molecule has 0 saturated heterocycles. The Hall–Kier alpha value is -5.40. The van der Waals surface area contributed by atoms with E-state index in [4.69, 9.17) is 0 Å². The van der Waals surface area contributed by atoms with E-state index in [1.54, 1.807) is 5.56 Å². The predicted octanol–water partition coefficient (Wildman–Crippen LogP) is 14.4. The van der Waals surface area contributed by atoms with Crippen LogP contribution in [0.2, 0.25) is 0 Å². The van der Waals surface area contributed by atoms with Crippen molar-refractivity contribution in [2.45, 2.75) is 63.2 Å². The maximum atomic E-state index is 2.69. The largest absolute Gasteiger partial charge is 0.309 e. The molecule has 0 N–H and O–H groups in total. The highest BCUT2D eigenvalue weighted by Crippen LogP contribution is 2.63. The first-order valence-corrected chi connectivity index (χ1v) is 20.3. The van der Waals surface area contributed by atoms with Gasteiger partial charge in [0.2, 0.25) is 0 Å². The molecule has 7 aromatic carbocycles. The zero-order chi connectivity index (χ0) is 36.0. The third-order valence-corrected chi connectivity index (χ3v) is 14.0. The average molecular weight is 698 g/mol. The number of nitrogens with zero attached hydrogens (tertiary/aromatic N) is 1. The lowest BCUT2D eigenvalue weighted by molar-refractivity contribution is -0.00491. The quantitative estimate of drug-likeness (QED) is 0.167. The van der Waals surface area contributed by atoms with Crippen LogP contribution < -0.4 is 4.90 Å². The highest BCUT2D eigenvalue weighted by atomic mass is 15.2. The van der Waals surface area contributed by atoms with Crippen molar-refractivity contribution in [2.24, 2.45) is 17.8 Å². The van der Waals surface area contributed by atoms with Gasteiger partial charge in [0.25, 0.3) is 0 Å². The van der Waals surface area contributed by atoms with Crippen LogP contribution in [0.15, 0.2) is 158 Å². The van der Waals surface area contributed by atoms with Gasteiger partial charge in [-0.15, -0.1) is 0 Å². The lowest BCUT2D eigenvalue weighted by Gasteiger charge is -2.57. The highest BCUT2D eigenvalue weighted by molar-refractivity contribution is 6.10. The van der Waals surface area contributed by atoms with Gasteiger partial charge in [-0.3, -0.25) is 0 Å². The molecular weight excluding hydrogens is 651 g/mol. The van der Waals surface area contributed by atoms with E-state index in [0.717, 1.165) is 17.8 Å². The summed E-state index contributed by atoms with van der Waals surface area (Å²) in [4.78, 5) is 2.69. The van der Waals surface area contributed by atoms with Crippen LogP contribution in [0.1, 0.15) is 69.1 Å². The monoisotopic (exact) mass is 697 g/mol. The molecule has 4 bridgehead atoms. The Balaban J connectivity index is 1.17. The van der Waals surface area contributed by atoms with Gasteiger partial charge in [-0.05, 0) is 136 Å². The molecule has 5 aliphatic rings. The Bertz CT molecular complexity index is 2520. The second-order valence-electron chi connectivity index (χ2n) is 17.5. The molecule has 0 unspecified atom stereocenters. The molecule has 0 radical (unpaired) electrons. The standard InChI is InChI=1S/C53H47N/c1-52(2)46-21-11-10-20-45(46)50-48(52)31-40-16-6-7-19-44(40)51(50)54(49-23-13-12-22-47(49)53-32-35-28-36(33-53)30-37(29-35)34-53)41-26-24-39(25-27-41)43-18-9-8-17-42(43)38-14-4-3-5-15-38/h3-27,31,35-37H,28-30,32-34H2,1-2H3. The smallest absolute Gasteiger partial charge is 0.0621 e. The topological polar surface area (TPSA) is 3.24 Å². The zero-order valence-corrected chi connectivity index (χ0v) is 31.4. The Morgan fingerprint density at radius 2 is 1.02 bits per heavy atom. The van der Waals surface area contributed by atoms with Gasteiger partial charge in [0.15, 0.2) is 0 Å². The van der Waals surface area contributed by atoms with Gasteiger partial charge >= 0.3 is 0 Å². The number of hydrogen-bond acceptors (Lipinski definition) is 1. The van der Waals surface area contributed by atoms with Crippen molar-refractivity contribution < 1.29 is 0 Å². The van der Waals surface area contributed by atoms with Crippen LogP contribution in [-0.2, 0) is 10.8 Å². The normalized spacial score (nSPS) is 23.0. The van der Waals surface area contributed by atoms with Crippen molar-refractivity contribution in [2.75, 3.05) is 4.90 Å². The van der Waals surface area contributed by atoms with Crippen LogP contribution in [0, 0.1) is 17.8 Å². The zero-order valence-electron chi connectivity index (χ0n) is 31.4. The molecule has 264 valence electrons. The molecule has 0 aliphatic heterocycles. The van der Waals surface area contributed by atoms with Crippen molar-refractivity contribution in [3.63, 3.8) is 0 Å². The minimum Gasteiger partial charge on any atom is -0.309 e. The second kappa shape index (κ2) is 12.1. The Labute approximate surface area is 320 Å². The third kappa shape index (κ3) is 4.83. The molecule has 0 amide bonds. The lowest BCUT2D eigenvalue weighted by Crippen LogP contribution is -2.48. The van der Waals surface area contributed by atoms with Crippen LogP contribution in [0.4, 0.5) is 17.1 Å². The predicted molar refractivity (Wildman–Crippen MR) is 227 cm³/mol. The molecule has 0 atom stereocenters. The molecule has 4 fully saturated rings.